The number of benzene rings is 2. The molecule has 0 aliphatic heterocycles. The van der Waals surface area contributed by atoms with E-state index in [9.17, 15) is 0 Å². The summed E-state index contributed by atoms with van der Waals surface area (Å²) in [6.07, 6.45) is 12.3. The van der Waals surface area contributed by atoms with Gasteiger partial charge in [-0.25, -0.2) is 0 Å². The van der Waals surface area contributed by atoms with Gasteiger partial charge in [-0.05, 0) is 78.7 Å². The maximum Gasteiger partial charge on any atom is 0.162 e. The highest BCUT2D eigenvalue weighted by Gasteiger charge is 2.22. The predicted octanol–water partition coefficient (Wildman–Crippen LogP) is 8.46. The van der Waals surface area contributed by atoms with Gasteiger partial charge in [0.15, 0.2) is 6.07 Å². The van der Waals surface area contributed by atoms with Crippen molar-refractivity contribution in [3.05, 3.63) is 65.2 Å². The summed E-state index contributed by atoms with van der Waals surface area (Å²) < 4.78 is 5.33. The van der Waals surface area contributed by atoms with Crippen LogP contribution in [0.3, 0.4) is 0 Å². The van der Waals surface area contributed by atoms with Gasteiger partial charge in [0.05, 0.1) is 0 Å². The average Bonchev–Trinajstić information content (AvgIpc) is 2.76. The summed E-state index contributed by atoms with van der Waals surface area (Å²) in [5.41, 5.74) is 4.32. The average molecular weight is 413 g/mol. The summed E-state index contributed by atoms with van der Waals surface area (Å²) >= 11 is 5.62. The van der Waals surface area contributed by atoms with E-state index in [2.05, 4.69) is 50.2 Å². The smallest absolute Gasteiger partial charge is 0.162 e. The van der Waals surface area contributed by atoms with E-state index in [0.717, 1.165) is 24.0 Å². The molecule has 1 saturated carbocycles. The molecule has 0 N–H and O–H groups in total. The lowest BCUT2D eigenvalue weighted by Crippen LogP contribution is -2.13. The SMILES string of the molecule is CCCCCC1CCC(c2ccc(C[C@@H](C)c3ccc(OCCl)cc3)cc2)CC1. The lowest BCUT2D eigenvalue weighted by Gasteiger charge is -2.29. The van der Waals surface area contributed by atoms with E-state index in [-0.39, 0.29) is 6.07 Å². The lowest BCUT2D eigenvalue weighted by molar-refractivity contribution is 0.303. The molecule has 0 spiro atoms. The maximum absolute atomic E-state index is 5.62. The quantitative estimate of drug-likeness (QED) is 0.281. The molecule has 2 aromatic carbocycles. The molecular weight excluding hydrogens is 376 g/mol. The van der Waals surface area contributed by atoms with Crippen LogP contribution in [0.15, 0.2) is 48.5 Å². The zero-order chi connectivity index (χ0) is 20.5. The zero-order valence-electron chi connectivity index (χ0n) is 18.2. The van der Waals surface area contributed by atoms with Crippen molar-refractivity contribution in [2.45, 2.75) is 83.5 Å². The fourth-order valence-corrected chi connectivity index (χ4v) is 4.95. The van der Waals surface area contributed by atoms with Crippen LogP contribution in [-0.2, 0) is 6.42 Å². The third-order valence-corrected chi connectivity index (χ3v) is 6.84. The number of hydrogen-bond donors (Lipinski definition) is 0. The Morgan fingerprint density at radius 2 is 1.62 bits per heavy atom. The molecule has 1 atom stereocenters. The molecule has 1 aliphatic carbocycles. The summed E-state index contributed by atoms with van der Waals surface area (Å²) in [4.78, 5) is 0. The van der Waals surface area contributed by atoms with Crippen LogP contribution < -0.4 is 4.74 Å². The Bertz CT molecular complexity index is 698. The molecule has 0 aromatic heterocycles. The highest BCUT2D eigenvalue weighted by molar-refractivity contribution is 6.17. The van der Waals surface area contributed by atoms with E-state index < -0.39 is 0 Å². The molecule has 2 aromatic rings. The van der Waals surface area contributed by atoms with Crippen molar-refractivity contribution in [2.24, 2.45) is 5.92 Å². The van der Waals surface area contributed by atoms with Crippen LogP contribution in [0.5, 0.6) is 5.75 Å². The van der Waals surface area contributed by atoms with Gasteiger partial charge >= 0.3 is 0 Å². The van der Waals surface area contributed by atoms with Gasteiger partial charge in [-0.15, -0.1) is 0 Å². The molecule has 1 aliphatic rings. The van der Waals surface area contributed by atoms with Crippen LogP contribution in [-0.4, -0.2) is 6.07 Å². The molecule has 1 nitrogen and oxygen atoms in total. The Hall–Kier alpha value is -1.47. The van der Waals surface area contributed by atoms with Crippen molar-refractivity contribution in [1.82, 2.24) is 0 Å². The van der Waals surface area contributed by atoms with Gasteiger partial charge in [0.25, 0.3) is 0 Å². The summed E-state index contributed by atoms with van der Waals surface area (Å²) in [6.45, 7) is 4.60. The first-order valence-corrected chi connectivity index (χ1v) is 12.1. The summed E-state index contributed by atoms with van der Waals surface area (Å²) in [6, 6.07) is 18.0. The summed E-state index contributed by atoms with van der Waals surface area (Å²) in [7, 11) is 0. The number of halogens is 1. The number of unbranched alkanes of at least 4 members (excludes halogenated alkanes) is 2. The summed E-state index contributed by atoms with van der Waals surface area (Å²) in [5.74, 6) is 3.09. The molecule has 0 unspecified atom stereocenters. The number of alkyl halides is 1. The fraction of sp³-hybridized carbons (Fsp3) is 0.556. The van der Waals surface area contributed by atoms with Crippen molar-refractivity contribution in [3.63, 3.8) is 0 Å². The second-order valence-electron chi connectivity index (χ2n) is 8.88. The van der Waals surface area contributed by atoms with Crippen molar-refractivity contribution in [1.29, 1.82) is 0 Å². The number of ether oxygens (including phenoxy) is 1. The lowest BCUT2D eigenvalue weighted by atomic mass is 9.77. The highest BCUT2D eigenvalue weighted by Crippen LogP contribution is 2.38. The Balaban J connectivity index is 1.48. The largest absolute Gasteiger partial charge is 0.478 e. The van der Waals surface area contributed by atoms with Gasteiger partial charge in [-0.2, -0.15) is 0 Å². The third kappa shape index (κ3) is 6.78. The van der Waals surface area contributed by atoms with Gasteiger partial charge < -0.3 is 4.74 Å². The van der Waals surface area contributed by atoms with Gasteiger partial charge in [0, 0.05) is 0 Å². The molecule has 0 bridgehead atoms. The van der Waals surface area contributed by atoms with E-state index >= 15 is 0 Å². The van der Waals surface area contributed by atoms with E-state index in [1.54, 1.807) is 5.56 Å². The molecule has 158 valence electrons. The van der Waals surface area contributed by atoms with Crippen LogP contribution in [0, 0.1) is 5.92 Å². The van der Waals surface area contributed by atoms with E-state index in [0.29, 0.717) is 5.92 Å². The molecule has 2 heteroatoms. The van der Waals surface area contributed by atoms with E-state index in [1.807, 2.05) is 12.1 Å². The Morgan fingerprint density at radius 3 is 2.24 bits per heavy atom. The zero-order valence-corrected chi connectivity index (χ0v) is 19.0. The molecule has 0 saturated heterocycles. The van der Waals surface area contributed by atoms with Crippen molar-refractivity contribution in [3.8, 4) is 5.75 Å². The second kappa shape index (κ2) is 11.6. The molecule has 29 heavy (non-hydrogen) atoms. The molecule has 0 heterocycles. The second-order valence-corrected chi connectivity index (χ2v) is 9.10. The minimum atomic E-state index is 0.196. The maximum atomic E-state index is 5.62. The standard InChI is InChI=1S/C27H37ClO/c1-3-4-5-6-22-7-11-25(12-8-22)26-13-9-23(10-14-26)19-21(2)24-15-17-27(18-16-24)29-20-28/h9-10,13-18,21-22,25H,3-8,11-12,19-20H2,1-2H3/t21-,22?,25?/m1/s1. The van der Waals surface area contributed by atoms with Crippen LogP contribution in [0.4, 0.5) is 0 Å². The normalized spacial score (nSPS) is 20.4. The van der Waals surface area contributed by atoms with Crippen LogP contribution in [0.2, 0.25) is 0 Å². The Labute approximate surface area is 182 Å². The van der Waals surface area contributed by atoms with Gasteiger partial charge in [0.2, 0.25) is 0 Å². The minimum absolute atomic E-state index is 0.196. The molecule has 0 radical (unpaired) electrons. The van der Waals surface area contributed by atoms with Gasteiger partial charge in [-0.1, -0.05) is 87.5 Å². The molecule has 0 amide bonds. The Kier molecular flexibility index (Phi) is 8.92. The number of rotatable bonds is 10. The predicted molar refractivity (Wildman–Crippen MR) is 125 cm³/mol. The minimum Gasteiger partial charge on any atom is -0.478 e. The van der Waals surface area contributed by atoms with Crippen molar-refractivity contribution in [2.75, 3.05) is 6.07 Å². The summed E-state index contributed by atoms with van der Waals surface area (Å²) in [5, 5.41) is 0. The monoisotopic (exact) mass is 412 g/mol. The van der Waals surface area contributed by atoms with Crippen molar-refractivity contribution >= 4 is 11.6 Å². The van der Waals surface area contributed by atoms with Crippen LogP contribution in [0.1, 0.15) is 93.7 Å². The van der Waals surface area contributed by atoms with Crippen LogP contribution in [0.25, 0.3) is 0 Å². The highest BCUT2D eigenvalue weighted by atomic mass is 35.5. The molecule has 1 fully saturated rings. The first-order chi connectivity index (χ1) is 14.2. The van der Waals surface area contributed by atoms with Crippen LogP contribution >= 0.6 is 11.6 Å². The van der Waals surface area contributed by atoms with Gasteiger partial charge in [-0.3, -0.25) is 0 Å². The van der Waals surface area contributed by atoms with E-state index in [1.165, 1.54) is 62.5 Å². The Morgan fingerprint density at radius 1 is 0.931 bits per heavy atom. The third-order valence-electron chi connectivity index (χ3n) is 6.73. The van der Waals surface area contributed by atoms with E-state index in [4.69, 9.17) is 16.3 Å². The number of hydrogen-bond acceptors (Lipinski definition) is 1. The first kappa shape index (κ1) is 22.2. The fourth-order valence-electron chi connectivity index (χ4n) is 4.82. The molecular formula is C27H37ClO. The molecule has 3 rings (SSSR count). The van der Waals surface area contributed by atoms with Crippen molar-refractivity contribution < 1.29 is 4.74 Å². The topological polar surface area (TPSA) is 9.23 Å². The first-order valence-electron chi connectivity index (χ1n) is 11.6. The van der Waals surface area contributed by atoms with Gasteiger partial charge in [0.1, 0.15) is 5.75 Å².